The number of likely N-dealkylation sites (tertiary alicyclic amines) is 1. The quantitative estimate of drug-likeness (QED) is 0.835. The van der Waals surface area contributed by atoms with Gasteiger partial charge < -0.3 is 14.6 Å². The Morgan fingerprint density at radius 1 is 1.56 bits per heavy atom. The number of amides is 1. The molecule has 2 rings (SSSR count). The second-order valence-corrected chi connectivity index (χ2v) is 5.20. The summed E-state index contributed by atoms with van der Waals surface area (Å²) in [5.74, 6) is -1.07. The number of carboxylic acids is 1. The third-order valence-electron chi connectivity index (χ3n) is 3.91. The van der Waals surface area contributed by atoms with Gasteiger partial charge in [0.25, 0.3) is 5.91 Å². The number of aromatic nitrogens is 2. The van der Waals surface area contributed by atoms with Crippen LogP contribution in [0.15, 0.2) is 12.5 Å². The van der Waals surface area contributed by atoms with Crippen LogP contribution in [-0.4, -0.2) is 44.5 Å². The third kappa shape index (κ3) is 1.77. The van der Waals surface area contributed by atoms with Crippen molar-refractivity contribution in [2.75, 3.05) is 13.1 Å². The van der Waals surface area contributed by atoms with Gasteiger partial charge in [0.2, 0.25) is 0 Å². The highest BCUT2D eigenvalue weighted by Crippen LogP contribution is 2.36. The molecule has 2 atom stereocenters. The van der Waals surface area contributed by atoms with Crippen LogP contribution >= 0.6 is 0 Å². The summed E-state index contributed by atoms with van der Waals surface area (Å²) in [6, 6.07) is 0. The van der Waals surface area contributed by atoms with Crippen LogP contribution in [0.1, 0.15) is 24.3 Å². The van der Waals surface area contributed by atoms with E-state index in [1.807, 2.05) is 6.92 Å². The summed E-state index contributed by atoms with van der Waals surface area (Å²) in [6.45, 7) is 4.27. The highest BCUT2D eigenvalue weighted by atomic mass is 16.4. The van der Waals surface area contributed by atoms with Crippen molar-refractivity contribution in [2.24, 2.45) is 18.4 Å². The molecule has 1 aliphatic heterocycles. The molecule has 1 aromatic rings. The molecule has 1 saturated heterocycles. The number of aryl methyl sites for hydroxylation is 1. The fourth-order valence-electron chi connectivity index (χ4n) is 2.31. The molecule has 1 aromatic heterocycles. The molecule has 0 saturated carbocycles. The lowest BCUT2D eigenvalue weighted by molar-refractivity contribution is -0.148. The van der Waals surface area contributed by atoms with E-state index in [0.717, 1.165) is 0 Å². The second-order valence-electron chi connectivity index (χ2n) is 5.20. The number of carboxylic acid groups (broad SMARTS) is 1. The zero-order chi connectivity index (χ0) is 13.5. The van der Waals surface area contributed by atoms with Crippen molar-refractivity contribution in [3.05, 3.63) is 18.2 Å². The molecule has 0 unspecified atom stereocenters. The summed E-state index contributed by atoms with van der Waals surface area (Å²) in [5, 5.41) is 9.27. The van der Waals surface area contributed by atoms with Gasteiger partial charge in [0, 0.05) is 20.1 Å². The van der Waals surface area contributed by atoms with Gasteiger partial charge in [0.15, 0.2) is 0 Å². The van der Waals surface area contributed by atoms with E-state index in [2.05, 4.69) is 4.98 Å². The Hall–Kier alpha value is -1.85. The highest BCUT2D eigenvalue weighted by molar-refractivity contribution is 5.93. The topological polar surface area (TPSA) is 75.4 Å². The van der Waals surface area contributed by atoms with Crippen molar-refractivity contribution in [1.82, 2.24) is 14.5 Å². The third-order valence-corrected chi connectivity index (χ3v) is 3.91. The summed E-state index contributed by atoms with van der Waals surface area (Å²) in [7, 11) is 1.75. The number of hydrogen-bond acceptors (Lipinski definition) is 3. The summed E-state index contributed by atoms with van der Waals surface area (Å²) in [5.41, 5.74) is -0.384. The Bertz CT molecular complexity index is 497. The fourth-order valence-corrected chi connectivity index (χ4v) is 2.31. The number of carbonyl (C=O) groups is 2. The predicted molar refractivity (Wildman–Crippen MR) is 64.0 cm³/mol. The van der Waals surface area contributed by atoms with E-state index in [0.29, 0.717) is 12.2 Å². The van der Waals surface area contributed by atoms with Gasteiger partial charge in [-0.15, -0.1) is 0 Å². The van der Waals surface area contributed by atoms with Gasteiger partial charge >= 0.3 is 5.97 Å². The molecule has 0 spiro atoms. The standard InChI is InChI=1S/C12H17N3O3/c1-8-5-15(6-12(8,2)11(17)18)10(16)9-4-13-7-14(9)3/h4,7-8H,5-6H2,1-3H3,(H,17,18)/t8-,12-/m1/s1. The van der Waals surface area contributed by atoms with Gasteiger partial charge in [0.1, 0.15) is 5.69 Å². The molecule has 0 radical (unpaired) electrons. The first kappa shape index (κ1) is 12.6. The van der Waals surface area contributed by atoms with Gasteiger partial charge in [0.05, 0.1) is 17.9 Å². The molecule has 6 heteroatoms. The second kappa shape index (κ2) is 4.12. The Morgan fingerprint density at radius 2 is 2.22 bits per heavy atom. The molecule has 0 aliphatic carbocycles. The molecule has 2 heterocycles. The van der Waals surface area contributed by atoms with Crippen LogP contribution in [0, 0.1) is 11.3 Å². The molecule has 18 heavy (non-hydrogen) atoms. The molecule has 0 bridgehead atoms. The Balaban J connectivity index is 2.21. The minimum atomic E-state index is -0.867. The Labute approximate surface area is 105 Å². The normalized spacial score (nSPS) is 27.5. The zero-order valence-electron chi connectivity index (χ0n) is 10.8. The summed E-state index contributed by atoms with van der Waals surface area (Å²) < 4.78 is 1.64. The van der Waals surface area contributed by atoms with Crippen LogP contribution in [0.5, 0.6) is 0 Å². The van der Waals surface area contributed by atoms with Crippen molar-refractivity contribution < 1.29 is 14.7 Å². The van der Waals surface area contributed by atoms with E-state index >= 15 is 0 Å². The number of hydrogen-bond donors (Lipinski definition) is 1. The molecular weight excluding hydrogens is 234 g/mol. The molecule has 1 aliphatic rings. The van der Waals surface area contributed by atoms with E-state index in [9.17, 15) is 14.7 Å². The zero-order valence-corrected chi connectivity index (χ0v) is 10.8. The first-order valence-corrected chi connectivity index (χ1v) is 5.85. The van der Waals surface area contributed by atoms with Crippen LogP contribution < -0.4 is 0 Å². The SMILES string of the molecule is C[C@@H]1CN(C(=O)c2cncn2C)C[C@@]1(C)C(=O)O. The van der Waals surface area contributed by atoms with Gasteiger partial charge in [-0.2, -0.15) is 0 Å². The lowest BCUT2D eigenvalue weighted by Gasteiger charge is -2.22. The summed E-state index contributed by atoms with van der Waals surface area (Å²) in [4.78, 5) is 29.1. The molecule has 0 aromatic carbocycles. The molecular formula is C12H17N3O3. The van der Waals surface area contributed by atoms with Crippen molar-refractivity contribution in [2.45, 2.75) is 13.8 Å². The molecule has 98 valence electrons. The number of carbonyl (C=O) groups excluding carboxylic acids is 1. The number of nitrogens with zero attached hydrogens (tertiary/aromatic N) is 3. The van der Waals surface area contributed by atoms with Gasteiger partial charge in [-0.1, -0.05) is 6.92 Å². The van der Waals surface area contributed by atoms with Crippen LogP contribution in [-0.2, 0) is 11.8 Å². The van der Waals surface area contributed by atoms with Crippen molar-refractivity contribution >= 4 is 11.9 Å². The largest absolute Gasteiger partial charge is 0.481 e. The molecule has 1 fully saturated rings. The maximum Gasteiger partial charge on any atom is 0.311 e. The minimum Gasteiger partial charge on any atom is -0.481 e. The Kier molecular flexibility index (Phi) is 2.88. The van der Waals surface area contributed by atoms with E-state index in [4.69, 9.17) is 0 Å². The van der Waals surface area contributed by atoms with E-state index < -0.39 is 11.4 Å². The van der Waals surface area contributed by atoms with Crippen LogP contribution in [0.3, 0.4) is 0 Å². The lowest BCUT2D eigenvalue weighted by atomic mass is 9.81. The van der Waals surface area contributed by atoms with Crippen molar-refractivity contribution in [3.63, 3.8) is 0 Å². The minimum absolute atomic E-state index is 0.0628. The smallest absolute Gasteiger partial charge is 0.311 e. The van der Waals surface area contributed by atoms with E-state index in [-0.39, 0.29) is 18.4 Å². The summed E-state index contributed by atoms with van der Waals surface area (Å²) in [6.07, 6.45) is 3.06. The lowest BCUT2D eigenvalue weighted by Crippen LogP contribution is -2.36. The van der Waals surface area contributed by atoms with Crippen LogP contribution in [0.4, 0.5) is 0 Å². The predicted octanol–water partition coefficient (Wildman–Crippen LogP) is 0.603. The maximum absolute atomic E-state index is 12.3. The number of aliphatic carboxylic acids is 1. The van der Waals surface area contributed by atoms with Gasteiger partial charge in [-0.25, -0.2) is 4.98 Å². The molecule has 1 N–H and O–H groups in total. The Morgan fingerprint density at radius 3 is 2.67 bits per heavy atom. The van der Waals surface area contributed by atoms with Gasteiger partial charge in [-0.3, -0.25) is 9.59 Å². The van der Waals surface area contributed by atoms with Crippen LogP contribution in [0.25, 0.3) is 0 Å². The van der Waals surface area contributed by atoms with Gasteiger partial charge in [-0.05, 0) is 12.8 Å². The first-order chi connectivity index (χ1) is 8.36. The van der Waals surface area contributed by atoms with Crippen molar-refractivity contribution in [3.8, 4) is 0 Å². The van der Waals surface area contributed by atoms with E-state index in [1.165, 1.54) is 6.20 Å². The number of rotatable bonds is 2. The highest BCUT2D eigenvalue weighted by Gasteiger charge is 2.48. The number of imidazole rings is 1. The monoisotopic (exact) mass is 251 g/mol. The summed E-state index contributed by atoms with van der Waals surface area (Å²) >= 11 is 0. The average Bonchev–Trinajstić information content (AvgIpc) is 2.84. The average molecular weight is 251 g/mol. The molecule has 1 amide bonds. The van der Waals surface area contributed by atoms with Crippen LogP contribution in [0.2, 0.25) is 0 Å². The first-order valence-electron chi connectivity index (χ1n) is 5.85. The molecule has 6 nitrogen and oxygen atoms in total. The maximum atomic E-state index is 12.3. The fraction of sp³-hybridized carbons (Fsp3) is 0.583. The van der Waals surface area contributed by atoms with E-state index in [1.54, 1.807) is 29.8 Å². The van der Waals surface area contributed by atoms with Crippen molar-refractivity contribution in [1.29, 1.82) is 0 Å².